The highest BCUT2D eigenvalue weighted by Crippen LogP contribution is 2.38. The Morgan fingerprint density at radius 2 is 1.25 bits per heavy atom. The number of aliphatic hydroxyl groups is 3. The Morgan fingerprint density at radius 3 is 1.89 bits per heavy atom. The van der Waals surface area contributed by atoms with E-state index in [-0.39, 0.29) is 32.3 Å². The van der Waals surface area contributed by atoms with Gasteiger partial charge in [-0.3, -0.25) is 14.2 Å². The van der Waals surface area contributed by atoms with Crippen LogP contribution in [0.2, 0.25) is 0 Å². The molecule has 0 saturated heterocycles. The molecule has 0 aromatic rings. The molecule has 5 atom stereocenters. The average Bonchev–Trinajstić information content (AvgIpc) is 3.20. The minimum atomic E-state index is -4.72. The molecule has 1 unspecified atom stereocenters. The number of aliphatic hydroxyl groups excluding tert-OH is 3. The standard InChI is InChI=1S/C48H80NO11P/c1-6-8-10-11-12-13-14-15-16-17-18-19-20-21-22-27-31-37-48(54)60-44(42-59-61(55,56)58-40-39-49(3,4)5)41-57-47(53)38-32-36-46(52)45(51)35-30-26-24-23-25-29-34-43(50)33-28-9-7-2/h8,10,12-13,15-16,18-19,23-26,29-30,34-35,43-46,50-52H,6-7,9,11,14,17,20-22,27-28,31-33,36-42H2,1-5H3/b10-8-,13-12-,16-15-,19-18-,25-23-,26-24+,34-29+,35-30+/t43-,44-,45-,46-/m1/s1. The largest absolute Gasteiger partial charge is 0.756 e. The molecule has 13 heteroatoms. The van der Waals surface area contributed by atoms with Gasteiger partial charge in [0, 0.05) is 12.8 Å². The van der Waals surface area contributed by atoms with Crippen LogP contribution in [0.4, 0.5) is 0 Å². The Balaban J connectivity index is 4.74. The Labute approximate surface area is 368 Å². The lowest BCUT2D eigenvalue weighted by Gasteiger charge is -2.28. The van der Waals surface area contributed by atoms with Crippen LogP contribution in [0.15, 0.2) is 97.2 Å². The molecule has 12 nitrogen and oxygen atoms in total. The number of allylic oxidation sites excluding steroid dienone is 14. The number of phosphoric acid groups is 1. The summed E-state index contributed by atoms with van der Waals surface area (Å²) in [6.45, 7) is 3.55. The SMILES string of the molecule is CC/C=C\C/C=C\C/C=C\C/C=C\CCCCCCC(=O)O[C@H](COC(=O)CCC[C@@H](O)[C@H](O)/C=C/C=C/C=C\C=C\[C@H](O)CCCCC)COP(=O)([O-])OCC[N+](C)(C)C. The van der Waals surface area contributed by atoms with Crippen molar-refractivity contribution in [3.63, 3.8) is 0 Å². The molecule has 0 aliphatic heterocycles. The summed E-state index contributed by atoms with van der Waals surface area (Å²) in [6, 6.07) is 0. The number of quaternary nitrogens is 1. The highest BCUT2D eigenvalue weighted by Gasteiger charge is 2.22. The monoisotopic (exact) mass is 878 g/mol. The molecule has 348 valence electrons. The van der Waals surface area contributed by atoms with Crippen LogP contribution >= 0.6 is 7.82 Å². The minimum Gasteiger partial charge on any atom is -0.756 e. The van der Waals surface area contributed by atoms with Crippen LogP contribution in [-0.2, 0) is 32.7 Å². The van der Waals surface area contributed by atoms with Crippen molar-refractivity contribution in [2.45, 2.75) is 147 Å². The fourth-order valence-corrected chi connectivity index (χ4v) is 6.05. The summed E-state index contributed by atoms with van der Waals surface area (Å²) in [7, 11) is 0.939. The third-order valence-electron chi connectivity index (χ3n) is 8.95. The van der Waals surface area contributed by atoms with Gasteiger partial charge in [0.15, 0.2) is 6.10 Å². The molecular weight excluding hydrogens is 797 g/mol. The van der Waals surface area contributed by atoms with E-state index in [2.05, 4.69) is 62.5 Å². The number of nitrogens with zero attached hydrogens (tertiary/aromatic N) is 1. The number of unbranched alkanes of at least 4 members (excludes halogenated alkanes) is 6. The van der Waals surface area contributed by atoms with Crippen LogP contribution < -0.4 is 4.89 Å². The van der Waals surface area contributed by atoms with E-state index in [4.69, 9.17) is 18.5 Å². The highest BCUT2D eigenvalue weighted by atomic mass is 31.2. The number of carbonyl (C=O) groups is 2. The molecule has 0 saturated carbocycles. The summed E-state index contributed by atoms with van der Waals surface area (Å²) >= 11 is 0. The van der Waals surface area contributed by atoms with Crippen molar-refractivity contribution < 1.29 is 57.4 Å². The van der Waals surface area contributed by atoms with E-state index in [1.165, 1.54) is 6.08 Å². The zero-order chi connectivity index (χ0) is 45.5. The summed E-state index contributed by atoms with van der Waals surface area (Å²) in [5, 5.41) is 30.5. The Kier molecular flexibility index (Phi) is 36.5. The fraction of sp³-hybridized carbons (Fsp3) is 0.625. The quantitative estimate of drug-likeness (QED) is 0.0135. The lowest BCUT2D eigenvalue weighted by Crippen LogP contribution is -2.37. The molecule has 0 heterocycles. The molecule has 0 amide bonds. The Morgan fingerprint density at radius 1 is 0.656 bits per heavy atom. The van der Waals surface area contributed by atoms with Gasteiger partial charge < -0.3 is 43.2 Å². The maximum absolute atomic E-state index is 12.7. The van der Waals surface area contributed by atoms with Crippen molar-refractivity contribution in [3.05, 3.63) is 97.2 Å². The van der Waals surface area contributed by atoms with Gasteiger partial charge >= 0.3 is 11.9 Å². The molecule has 0 bridgehead atoms. The molecule has 3 N–H and O–H groups in total. The van der Waals surface area contributed by atoms with Gasteiger partial charge in [0.05, 0.1) is 46.1 Å². The van der Waals surface area contributed by atoms with Gasteiger partial charge in [0.2, 0.25) is 0 Å². The third kappa shape index (κ3) is 40.6. The number of phosphoric ester groups is 1. The van der Waals surface area contributed by atoms with Gasteiger partial charge in [-0.1, -0.05) is 143 Å². The first kappa shape index (κ1) is 57.8. The van der Waals surface area contributed by atoms with Crippen molar-refractivity contribution in [1.29, 1.82) is 0 Å². The number of ether oxygens (including phenoxy) is 2. The molecule has 0 aromatic heterocycles. The zero-order valence-electron chi connectivity index (χ0n) is 37.9. The lowest BCUT2D eigenvalue weighted by atomic mass is 10.1. The van der Waals surface area contributed by atoms with Crippen LogP contribution in [0.5, 0.6) is 0 Å². The molecule has 61 heavy (non-hydrogen) atoms. The lowest BCUT2D eigenvalue weighted by molar-refractivity contribution is -0.870. The van der Waals surface area contributed by atoms with Gasteiger partial charge in [-0.15, -0.1) is 0 Å². The topological polar surface area (TPSA) is 172 Å². The number of carbonyl (C=O) groups excluding carboxylic acids is 2. The smallest absolute Gasteiger partial charge is 0.306 e. The van der Waals surface area contributed by atoms with E-state index < -0.39 is 57.4 Å². The first-order valence-corrected chi connectivity index (χ1v) is 23.7. The third-order valence-corrected chi connectivity index (χ3v) is 9.92. The van der Waals surface area contributed by atoms with Crippen molar-refractivity contribution in [3.8, 4) is 0 Å². The van der Waals surface area contributed by atoms with E-state index in [9.17, 15) is 34.4 Å². The minimum absolute atomic E-state index is 0.0876. The molecule has 0 aliphatic rings. The summed E-state index contributed by atoms with van der Waals surface area (Å²) < 4.78 is 33.6. The van der Waals surface area contributed by atoms with Crippen molar-refractivity contribution >= 4 is 19.8 Å². The second-order valence-corrected chi connectivity index (χ2v) is 17.3. The molecule has 0 radical (unpaired) electrons. The normalized spacial score (nSPS) is 16.0. The van der Waals surface area contributed by atoms with Crippen molar-refractivity contribution in [2.75, 3.05) is 47.5 Å². The number of rotatable bonds is 38. The predicted molar refractivity (Wildman–Crippen MR) is 244 cm³/mol. The molecular formula is C48H80NO11P. The number of esters is 2. The highest BCUT2D eigenvalue weighted by molar-refractivity contribution is 7.45. The first-order valence-electron chi connectivity index (χ1n) is 22.3. The average molecular weight is 878 g/mol. The van der Waals surface area contributed by atoms with Crippen LogP contribution in [0.3, 0.4) is 0 Å². The Bertz CT molecular complexity index is 1410. The summed E-state index contributed by atoms with van der Waals surface area (Å²) in [6.07, 6.45) is 39.5. The van der Waals surface area contributed by atoms with Gasteiger partial charge in [-0.05, 0) is 64.2 Å². The molecule has 0 aliphatic carbocycles. The molecule has 0 aromatic carbocycles. The van der Waals surface area contributed by atoms with Crippen LogP contribution in [0.1, 0.15) is 123 Å². The number of hydrogen-bond donors (Lipinski definition) is 3. The summed E-state index contributed by atoms with van der Waals surface area (Å²) in [4.78, 5) is 37.6. The van der Waals surface area contributed by atoms with Crippen molar-refractivity contribution in [2.24, 2.45) is 0 Å². The second-order valence-electron chi connectivity index (χ2n) is 15.9. The van der Waals surface area contributed by atoms with Gasteiger partial charge in [-0.25, -0.2) is 0 Å². The van der Waals surface area contributed by atoms with Gasteiger partial charge in [0.1, 0.15) is 19.8 Å². The predicted octanol–water partition coefficient (Wildman–Crippen LogP) is 8.85. The second kappa shape index (κ2) is 38.5. The molecule has 0 rings (SSSR count). The molecule has 0 spiro atoms. The van der Waals surface area contributed by atoms with E-state index in [0.717, 1.165) is 77.0 Å². The van der Waals surface area contributed by atoms with Gasteiger partial charge in [0.25, 0.3) is 7.82 Å². The summed E-state index contributed by atoms with van der Waals surface area (Å²) in [5.41, 5.74) is 0. The maximum Gasteiger partial charge on any atom is 0.306 e. The van der Waals surface area contributed by atoms with Crippen LogP contribution in [-0.4, -0.2) is 104 Å². The fourth-order valence-electron chi connectivity index (χ4n) is 5.32. The van der Waals surface area contributed by atoms with E-state index in [0.29, 0.717) is 17.4 Å². The van der Waals surface area contributed by atoms with Gasteiger partial charge in [-0.2, -0.15) is 0 Å². The van der Waals surface area contributed by atoms with Crippen LogP contribution in [0.25, 0.3) is 0 Å². The van der Waals surface area contributed by atoms with Crippen LogP contribution in [0, 0.1) is 0 Å². The first-order chi connectivity index (χ1) is 29.2. The number of likely N-dealkylation sites (N-methyl/N-ethyl adjacent to an activating group) is 1. The van der Waals surface area contributed by atoms with E-state index in [1.807, 2.05) is 21.1 Å². The summed E-state index contributed by atoms with van der Waals surface area (Å²) in [5.74, 6) is -1.20. The zero-order valence-corrected chi connectivity index (χ0v) is 38.8. The van der Waals surface area contributed by atoms with E-state index >= 15 is 0 Å². The molecule has 0 fully saturated rings. The van der Waals surface area contributed by atoms with Crippen molar-refractivity contribution in [1.82, 2.24) is 0 Å². The number of hydrogen-bond acceptors (Lipinski definition) is 11. The maximum atomic E-state index is 12.7. The van der Waals surface area contributed by atoms with E-state index in [1.54, 1.807) is 42.5 Å². The Hall–Kier alpha value is -3.19.